The lowest BCUT2D eigenvalue weighted by Gasteiger charge is -2.34. The highest BCUT2D eigenvalue weighted by molar-refractivity contribution is 7.16. The molecule has 1 atom stereocenters. The van der Waals surface area contributed by atoms with Crippen LogP contribution >= 0.6 is 22.9 Å². The second-order valence-electron chi connectivity index (χ2n) is 6.91. The van der Waals surface area contributed by atoms with Crippen molar-refractivity contribution in [2.75, 3.05) is 37.5 Å². The Kier molecular flexibility index (Phi) is 4.16. The van der Waals surface area contributed by atoms with E-state index >= 15 is 4.39 Å². The van der Waals surface area contributed by atoms with Crippen LogP contribution in [0.15, 0.2) is 21.2 Å². The van der Waals surface area contributed by atoms with Crippen molar-refractivity contribution in [1.82, 2.24) is 4.40 Å². The fourth-order valence-electron chi connectivity index (χ4n) is 4.24. The van der Waals surface area contributed by atoms with Crippen molar-refractivity contribution in [3.05, 3.63) is 38.4 Å². The number of rotatable bonds is 3. The van der Waals surface area contributed by atoms with Crippen LogP contribution in [-0.4, -0.2) is 54.2 Å². The summed E-state index contributed by atoms with van der Waals surface area (Å²) < 4.78 is 22.7. The fourth-order valence-corrected chi connectivity index (χ4v) is 5.46. The number of nitrogens with zero attached hydrogens (tertiary/aromatic N) is 3. The maximum absolute atomic E-state index is 15.4. The van der Waals surface area contributed by atoms with Gasteiger partial charge in [0, 0.05) is 25.5 Å². The van der Waals surface area contributed by atoms with E-state index in [4.69, 9.17) is 16.3 Å². The molecule has 4 aromatic rings. The zero-order valence-corrected chi connectivity index (χ0v) is 16.8. The summed E-state index contributed by atoms with van der Waals surface area (Å²) in [7, 11) is 1.60. The SMILES string of the molecule is CN=c1c2c(N3CCOC(CCl)C3)c(F)cc3c(=O)c(C(=O)O)c4scc1n4c32. The molecule has 0 bridgehead atoms. The van der Waals surface area contributed by atoms with Crippen molar-refractivity contribution in [3.63, 3.8) is 0 Å². The topological polar surface area (TPSA) is 83.6 Å². The third-order valence-electron chi connectivity index (χ3n) is 5.41. The number of carbonyl (C=O) groups is 1. The Morgan fingerprint density at radius 1 is 1.52 bits per heavy atom. The predicted octanol–water partition coefficient (Wildman–Crippen LogP) is 2.35. The molecule has 0 saturated carbocycles. The first-order chi connectivity index (χ1) is 14.0. The normalized spacial score (nSPS) is 18.7. The maximum Gasteiger partial charge on any atom is 0.342 e. The van der Waals surface area contributed by atoms with Gasteiger partial charge in [0.05, 0.1) is 51.4 Å². The minimum Gasteiger partial charge on any atom is -0.477 e. The van der Waals surface area contributed by atoms with Crippen molar-refractivity contribution in [1.29, 1.82) is 0 Å². The Morgan fingerprint density at radius 2 is 2.31 bits per heavy atom. The summed E-state index contributed by atoms with van der Waals surface area (Å²) in [6.45, 7) is 1.29. The Balaban J connectivity index is 1.96. The second-order valence-corrected chi connectivity index (χ2v) is 8.08. The molecule has 1 aromatic carbocycles. The van der Waals surface area contributed by atoms with E-state index in [1.807, 2.05) is 4.90 Å². The predicted molar refractivity (Wildman–Crippen MR) is 110 cm³/mol. The molecule has 1 unspecified atom stereocenters. The van der Waals surface area contributed by atoms with Gasteiger partial charge in [-0.3, -0.25) is 14.2 Å². The largest absolute Gasteiger partial charge is 0.477 e. The number of carboxylic acids is 1. The highest BCUT2D eigenvalue weighted by Gasteiger charge is 2.30. The molecule has 4 heterocycles. The third kappa shape index (κ3) is 2.41. The molecule has 5 rings (SSSR count). The maximum atomic E-state index is 15.4. The van der Waals surface area contributed by atoms with Crippen molar-refractivity contribution in [2.24, 2.45) is 4.99 Å². The van der Waals surface area contributed by atoms with Gasteiger partial charge in [0.25, 0.3) is 0 Å². The number of thiazole rings is 1. The van der Waals surface area contributed by atoms with Crippen LogP contribution in [0.5, 0.6) is 0 Å². The number of hydrogen-bond acceptors (Lipinski definition) is 6. The molecule has 1 saturated heterocycles. The highest BCUT2D eigenvalue weighted by atomic mass is 35.5. The van der Waals surface area contributed by atoms with Gasteiger partial charge in [0.1, 0.15) is 16.2 Å². The molecule has 0 aliphatic carbocycles. The van der Waals surface area contributed by atoms with Crippen molar-refractivity contribution < 1.29 is 19.0 Å². The van der Waals surface area contributed by atoms with Gasteiger partial charge in [-0.1, -0.05) is 0 Å². The number of halogens is 2. The van der Waals surface area contributed by atoms with E-state index in [1.165, 1.54) is 11.3 Å². The number of pyridine rings is 1. The number of morpholine rings is 1. The molecule has 1 N–H and O–H groups in total. The fraction of sp³-hybridized carbons (Fsp3) is 0.316. The van der Waals surface area contributed by atoms with Gasteiger partial charge < -0.3 is 14.7 Å². The minimum absolute atomic E-state index is 0.0385. The number of aromatic nitrogens is 1. The van der Waals surface area contributed by atoms with E-state index in [0.29, 0.717) is 52.0 Å². The first kappa shape index (κ1) is 18.5. The standard InChI is InChI=1S/C19H15ClFN3O4S/c1-22-14-11-7-29-18-13(19(26)27)17(25)9-4-10(21)16(12(14)15(9)24(11)18)23-2-3-28-8(5-20)6-23/h4,7-8H,2-3,5-6H2,1H3,(H,26,27). The lowest BCUT2D eigenvalue weighted by atomic mass is 10.1. The van der Waals surface area contributed by atoms with E-state index in [0.717, 1.165) is 6.07 Å². The van der Waals surface area contributed by atoms with Crippen molar-refractivity contribution in [2.45, 2.75) is 6.10 Å². The Morgan fingerprint density at radius 3 is 3.00 bits per heavy atom. The molecule has 10 heteroatoms. The van der Waals surface area contributed by atoms with Gasteiger partial charge in [0.15, 0.2) is 0 Å². The van der Waals surface area contributed by atoms with E-state index in [9.17, 15) is 14.7 Å². The smallest absolute Gasteiger partial charge is 0.342 e. The van der Waals surface area contributed by atoms with Gasteiger partial charge in [0.2, 0.25) is 5.43 Å². The molecule has 150 valence electrons. The Hall–Kier alpha value is -2.49. The van der Waals surface area contributed by atoms with E-state index < -0.39 is 17.2 Å². The van der Waals surface area contributed by atoms with Crippen LogP contribution in [0.2, 0.25) is 0 Å². The third-order valence-corrected chi connectivity index (χ3v) is 6.70. The van der Waals surface area contributed by atoms with E-state index in [2.05, 4.69) is 4.99 Å². The molecule has 29 heavy (non-hydrogen) atoms. The average molecular weight is 436 g/mol. The molecule has 1 aliphatic rings. The zero-order chi connectivity index (χ0) is 20.4. The Bertz CT molecular complexity index is 1400. The number of carboxylic acid groups (broad SMARTS) is 1. The summed E-state index contributed by atoms with van der Waals surface area (Å²) in [6, 6.07) is 1.14. The monoisotopic (exact) mass is 435 g/mol. The first-order valence-electron chi connectivity index (χ1n) is 8.93. The molecule has 1 fully saturated rings. The molecule has 1 aliphatic heterocycles. The van der Waals surface area contributed by atoms with Crippen molar-refractivity contribution in [3.8, 4) is 0 Å². The first-order valence-corrected chi connectivity index (χ1v) is 10.3. The van der Waals surface area contributed by atoms with Crippen LogP contribution in [0.1, 0.15) is 10.4 Å². The Labute approximate surface area is 171 Å². The summed E-state index contributed by atoms with van der Waals surface area (Å²) in [5, 5.41) is 12.4. The van der Waals surface area contributed by atoms with Crippen molar-refractivity contribution >= 4 is 61.2 Å². The summed E-state index contributed by atoms with van der Waals surface area (Å²) in [4.78, 5) is 31.3. The van der Waals surface area contributed by atoms with Crippen LogP contribution in [0.25, 0.3) is 26.6 Å². The summed E-state index contributed by atoms with van der Waals surface area (Å²) in [5.74, 6) is -1.64. The number of anilines is 1. The number of ether oxygens (including phenoxy) is 1. The van der Waals surface area contributed by atoms with Crippen LogP contribution in [-0.2, 0) is 4.74 Å². The molecule has 0 amide bonds. The molecule has 3 aromatic heterocycles. The van der Waals surface area contributed by atoms with Crippen LogP contribution < -0.4 is 15.7 Å². The van der Waals surface area contributed by atoms with E-state index in [-0.39, 0.29) is 22.9 Å². The van der Waals surface area contributed by atoms with Gasteiger partial charge in [-0.05, 0) is 6.07 Å². The minimum atomic E-state index is -1.33. The van der Waals surface area contributed by atoms with E-state index in [1.54, 1.807) is 16.8 Å². The highest BCUT2D eigenvalue weighted by Crippen LogP contribution is 2.36. The molecular formula is C19H15ClFN3O4S. The van der Waals surface area contributed by atoms with Crippen LogP contribution in [0.3, 0.4) is 0 Å². The van der Waals surface area contributed by atoms with Crippen LogP contribution in [0.4, 0.5) is 10.1 Å². The molecular weight excluding hydrogens is 421 g/mol. The zero-order valence-electron chi connectivity index (χ0n) is 15.2. The number of hydrogen-bond donors (Lipinski definition) is 1. The van der Waals surface area contributed by atoms with Gasteiger partial charge in [-0.2, -0.15) is 0 Å². The van der Waals surface area contributed by atoms with Gasteiger partial charge in [-0.15, -0.1) is 22.9 Å². The number of aromatic carboxylic acids is 1. The summed E-state index contributed by atoms with van der Waals surface area (Å²) >= 11 is 7.11. The lowest BCUT2D eigenvalue weighted by Crippen LogP contribution is -2.44. The average Bonchev–Trinajstić information content (AvgIpc) is 3.26. The molecule has 0 spiro atoms. The molecule has 7 nitrogen and oxygen atoms in total. The van der Waals surface area contributed by atoms with Crippen LogP contribution in [0, 0.1) is 5.82 Å². The molecule has 0 radical (unpaired) electrons. The second kappa shape index (κ2) is 6.51. The summed E-state index contributed by atoms with van der Waals surface area (Å²) in [6.07, 6.45) is -0.234. The number of alkyl halides is 1. The lowest BCUT2D eigenvalue weighted by molar-refractivity contribution is 0.0553. The quantitative estimate of drug-likeness (QED) is 0.499. The van der Waals surface area contributed by atoms with Gasteiger partial charge >= 0.3 is 5.97 Å². The summed E-state index contributed by atoms with van der Waals surface area (Å²) in [5.41, 5.74) is 0.457. The number of benzene rings is 1. The van der Waals surface area contributed by atoms with Gasteiger partial charge in [-0.25, -0.2) is 9.18 Å².